The van der Waals surface area contributed by atoms with E-state index in [1.165, 1.54) is 0 Å². The smallest absolute Gasteiger partial charge is 0.251 e. The molecule has 1 saturated heterocycles. The van der Waals surface area contributed by atoms with Gasteiger partial charge in [0, 0.05) is 49.9 Å². The molecule has 1 atom stereocenters. The minimum atomic E-state index is -0.0931. The van der Waals surface area contributed by atoms with Gasteiger partial charge < -0.3 is 25.4 Å². The summed E-state index contributed by atoms with van der Waals surface area (Å²) < 4.78 is 12.0. The van der Waals surface area contributed by atoms with Gasteiger partial charge in [-0.15, -0.1) is 0 Å². The summed E-state index contributed by atoms with van der Waals surface area (Å²) in [7, 11) is 1.73. The van der Waals surface area contributed by atoms with E-state index in [0.29, 0.717) is 37.8 Å². The summed E-state index contributed by atoms with van der Waals surface area (Å²) in [6.45, 7) is 4.12. The van der Waals surface area contributed by atoms with Gasteiger partial charge in [-0.2, -0.15) is 0 Å². The number of guanidine groups is 1. The van der Waals surface area contributed by atoms with Crippen LogP contribution in [0.5, 0.6) is 0 Å². The van der Waals surface area contributed by atoms with Gasteiger partial charge in [-0.25, -0.2) is 0 Å². The topological polar surface area (TPSA) is 84.0 Å². The van der Waals surface area contributed by atoms with Crippen molar-refractivity contribution in [3.8, 4) is 0 Å². The Bertz CT molecular complexity index is 606. The number of nitrogens with zero attached hydrogens (tertiary/aromatic N) is 1. The van der Waals surface area contributed by atoms with Gasteiger partial charge in [0.05, 0.1) is 12.7 Å². The normalized spacial score (nSPS) is 17.0. The molecule has 150 valence electrons. The molecule has 0 saturated carbocycles. The molecular weight excluding hydrogens is 412 g/mol. The molecule has 7 nitrogen and oxygen atoms in total. The lowest BCUT2D eigenvalue weighted by molar-refractivity contribution is 0.0168. The van der Waals surface area contributed by atoms with Gasteiger partial charge in [0.2, 0.25) is 0 Å². The quantitative estimate of drug-likeness (QED) is 0.294. The number of aliphatic imine (C=N–C) groups is 1. The third kappa shape index (κ3) is 8.73. The van der Waals surface area contributed by atoms with Crippen LogP contribution in [0.2, 0.25) is 0 Å². The van der Waals surface area contributed by atoms with Crippen LogP contribution in [0, 0.1) is 0 Å². The maximum atomic E-state index is 12.1. The van der Waals surface area contributed by atoms with E-state index >= 15 is 0 Å². The average molecular weight is 441 g/mol. The Balaban J connectivity index is 1.50. The molecule has 2 rings (SSSR count). The van der Waals surface area contributed by atoms with Crippen LogP contribution in [0.1, 0.15) is 29.6 Å². The number of carbonyl (C=O) groups is 1. The molecule has 27 heavy (non-hydrogen) atoms. The first-order chi connectivity index (χ1) is 13.2. The number of rotatable bonds is 10. The summed E-state index contributed by atoms with van der Waals surface area (Å²) >= 11 is 3.37. The van der Waals surface area contributed by atoms with E-state index in [9.17, 15) is 4.79 Å². The molecular formula is C19H29BrN4O3. The van der Waals surface area contributed by atoms with Gasteiger partial charge in [-0.05, 0) is 37.5 Å². The molecule has 8 heteroatoms. The zero-order chi connectivity index (χ0) is 19.3. The first-order valence-electron chi connectivity index (χ1n) is 9.36. The van der Waals surface area contributed by atoms with E-state index in [-0.39, 0.29) is 12.0 Å². The molecule has 0 aliphatic carbocycles. The second-order valence-electron chi connectivity index (χ2n) is 6.26. The highest BCUT2D eigenvalue weighted by Gasteiger charge is 2.14. The molecule has 0 bridgehead atoms. The number of ether oxygens (including phenoxy) is 2. The van der Waals surface area contributed by atoms with Crippen LogP contribution in [-0.4, -0.2) is 64.5 Å². The highest BCUT2D eigenvalue weighted by Crippen LogP contribution is 2.12. The van der Waals surface area contributed by atoms with Crippen molar-refractivity contribution in [2.45, 2.75) is 25.4 Å². The largest absolute Gasteiger partial charge is 0.379 e. The zero-order valence-corrected chi connectivity index (χ0v) is 17.4. The molecule has 1 heterocycles. The molecule has 1 fully saturated rings. The molecule has 1 amide bonds. The number of benzene rings is 1. The van der Waals surface area contributed by atoms with E-state index in [4.69, 9.17) is 9.47 Å². The third-order valence-corrected chi connectivity index (χ3v) is 4.59. The van der Waals surface area contributed by atoms with Gasteiger partial charge in [-0.3, -0.25) is 9.79 Å². The molecule has 1 aliphatic rings. The Kier molecular flexibility index (Phi) is 10.2. The van der Waals surface area contributed by atoms with E-state index in [1.807, 2.05) is 12.1 Å². The van der Waals surface area contributed by atoms with Crippen LogP contribution in [0.3, 0.4) is 0 Å². The Morgan fingerprint density at radius 1 is 1.30 bits per heavy atom. The minimum absolute atomic E-state index is 0.0931. The summed E-state index contributed by atoms with van der Waals surface area (Å²) in [6, 6.07) is 7.31. The highest BCUT2D eigenvalue weighted by atomic mass is 79.9. The Morgan fingerprint density at radius 2 is 2.11 bits per heavy atom. The van der Waals surface area contributed by atoms with Crippen molar-refractivity contribution in [3.63, 3.8) is 0 Å². The molecule has 1 aliphatic heterocycles. The van der Waals surface area contributed by atoms with Gasteiger partial charge in [0.1, 0.15) is 0 Å². The van der Waals surface area contributed by atoms with Crippen molar-refractivity contribution < 1.29 is 14.3 Å². The molecule has 1 aromatic rings. The summed E-state index contributed by atoms with van der Waals surface area (Å²) in [6.07, 6.45) is 3.42. The van der Waals surface area contributed by atoms with E-state index in [2.05, 4.69) is 36.9 Å². The van der Waals surface area contributed by atoms with Crippen LogP contribution in [0.4, 0.5) is 0 Å². The summed E-state index contributed by atoms with van der Waals surface area (Å²) in [5.74, 6) is 0.621. The average Bonchev–Trinajstić information content (AvgIpc) is 3.19. The highest BCUT2D eigenvalue weighted by molar-refractivity contribution is 9.10. The lowest BCUT2D eigenvalue weighted by Crippen LogP contribution is -2.42. The van der Waals surface area contributed by atoms with Crippen molar-refractivity contribution in [2.75, 3.05) is 46.5 Å². The fraction of sp³-hybridized carbons (Fsp3) is 0.579. The fourth-order valence-corrected chi connectivity index (χ4v) is 3.08. The van der Waals surface area contributed by atoms with Crippen molar-refractivity contribution in [2.24, 2.45) is 4.99 Å². The summed E-state index contributed by atoms with van der Waals surface area (Å²) in [4.78, 5) is 16.2. The Hall–Kier alpha value is -1.64. The van der Waals surface area contributed by atoms with Crippen molar-refractivity contribution >= 4 is 27.8 Å². The van der Waals surface area contributed by atoms with E-state index < -0.39 is 0 Å². The maximum Gasteiger partial charge on any atom is 0.251 e. The molecule has 3 N–H and O–H groups in total. The SMILES string of the molecule is CN=C(NCCCOCC1CCCO1)NCCNC(=O)c1cccc(Br)c1. The standard InChI is InChI=1S/C19H29BrN4O3/c1-21-19(23-8-4-11-26-14-17-7-3-12-27-17)24-10-9-22-18(25)15-5-2-6-16(20)13-15/h2,5-6,13,17H,3-4,7-12,14H2,1H3,(H,22,25)(H2,21,23,24). The van der Waals surface area contributed by atoms with Crippen molar-refractivity contribution in [1.29, 1.82) is 0 Å². The number of hydrogen-bond donors (Lipinski definition) is 3. The molecule has 0 radical (unpaired) electrons. The molecule has 0 spiro atoms. The molecule has 1 unspecified atom stereocenters. The van der Waals surface area contributed by atoms with Crippen LogP contribution in [0.15, 0.2) is 33.7 Å². The van der Waals surface area contributed by atoms with Crippen molar-refractivity contribution in [1.82, 2.24) is 16.0 Å². The number of carbonyl (C=O) groups excluding carboxylic acids is 1. The Labute approximate surface area is 169 Å². The predicted molar refractivity (Wildman–Crippen MR) is 110 cm³/mol. The van der Waals surface area contributed by atoms with Crippen LogP contribution in [-0.2, 0) is 9.47 Å². The molecule has 1 aromatic carbocycles. The lowest BCUT2D eigenvalue weighted by atomic mass is 10.2. The van der Waals surface area contributed by atoms with Gasteiger partial charge in [0.25, 0.3) is 5.91 Å². The predicted octanol–water partition coefficient (Wildman–Crippen LogP) is 1.93. The second kappa shape index (κ2) is 12.7. The monoisotopic (exact) mass is 440 g/mol. The van der Waals surface area contributed by atoms with Crippen LogP contribution >= 0.6 is 15.9 Å². The van der Waals surface area contributed by atoms with Crippen LogP contribution in [0.25, 0.3) is 0 Å². The Morgan fingerprint density at radius 3 is 2.85 bits per heavy atom. The summed E-state index contributed by atoms with van der Waals surface area (Å²) in [5.41, 5.74) is 0.634. The van der Waals surface area contributed by atoms with Crippen LogP contribution < -0.4 is 16.0 Å². The number of halogens is 1. The minimum Gasteiger partial charge on any atom is -0.379 e. The zero-order valence-electron chi connectivity index (χ0n) is 15.8. The van der Waals surface area contributed by atoms with Gasteiger partial charge in [-0.1, -0.05) is 22.0 Å². The van der Waals surface area contributed by atoms with Crippen molar-refractivity contribution in [3.05, 3.63) is 34.3 Å². The van der Waals surface area contributed by atoms with Gasteiger partial charge >= 0.3 is 0 Å². The first kappa shape index (κ1) is 21.7. The van der Waals surface area contributed by atoms with Gasteiger partial charge in [0.15, 0.2) is 5.96 Å². The molecule has 0 aromatic heterocycles. The fourth-order valence-electron chi connectivity index (χ4n) is 2.68. The van der Waals surface area contributed by atoms with E-state index in [1.54, 1.807) is 19.2 Å². The number of amides is 1. The number of hydrogen-bond acceptors (Lipinski definition) is 4. The first-order valence-corrected chi connectivity index (χ1v) is 10.2. The third-order valence-electron chi connectivity index (χ3n) is 4.10. The number of nitrogens with one attached hydrogen (secondary N) is 3. The lowest BCUT2D eigenvalue weighted by Gasteiger charge is -2.13. The maximum absolute atomic E-state index is 12.1. The van der Waals surface area contributed by atoms with E-state index in [0.717, 1.165) is 36.9 Å². The summed E-state index contributed by atoms with van der Waals surface area (Å²) in [5, 5.41) is 9.29. The second-order valence-corrected chi connectivity index (χ2v) is 7.17.